The molecule has 0 aliphatic carbocycles. The molecule has 3 N–H and O–H groups in total. The number of fused-ring (bicyclic) bond motifs is 1. The minimum Gasteiger partial charge on any atom is -0.486 e. The smallest absolute Gasteiger partial charge is 0.171 e. The Labute approximate surface area is 122 Å². The van der Waals surface area contributed by atoms with Crippen molar-refractivity contribution in [2.45, 2.75) is 6.54 Å². The average Bonchev–Trinajstić information content (AvgIpc) is 2.98. The third kappa shape index (κ3) is 3.03. The number of H-pyrrole nitrogens is 1. The van der Waals surface area contributed by atoms with Crippen LogP contribution in [0.1, 0.15) is 5.69 Å². The lowest BCUT2D eigenvalue weighted by molar-refractivity contribution is 0.171. The molecule has 0 spiro atoms. The molecule has 3 rings (SSSR count). The van der Waals surface area contributed by atoms with Crippen LogP contribution in [0.15, 0.2) is 36.5 Å². The van der Waals surface area contributed by atoms with Crippen LogP contribution in [0.3, 0.4) is 0 Å². The van der Waals surface area contributed by atoms with Gasteiger partial charge in [0.1, 0.15) is 13.2 Å². The Balaban J connectivity index is 1.58. The number of rotatable bonds is 3. The Morgan fingerprint density at radius 3 is 2.85 bits per heavy atom. The maximum atomic E-state index is 5.53. The largest absolute Gasteiger partial charge is 0.486 e. The van der Waals surface area contributed by atoms with Crippen LogP contribution in [-0.2, 0) is 6.54 Å². The first kappa shape index (κ1) is 12.8. The van der Waals surface area contributed by atoms with Gasteiger partial charge < -0.3 is 25.1 Å². The summed E-state index contributed by atoms with van der Waals surface area (Å²) < 4.78 is 11.0. The minimum atomic E-state index is 0.566. The molecule has 0 atom stereocenters. The molecule has 0 unspecified atom stereocenters. The van der Waals surface area contributed by atoms with Crippen molar-refractivity contribution in [2.75, 3.05) is 18.5 Å². The zero-order valence-corrected chi connectivity index (χ0v) is 11.6. The predicted octanol–water partition coefficient (Wildman–Crippen LogP) is 2.27. The van der Waals surface area contributed by atoms with E-state index in [-0.39, 0.29) is 0 Å². The van der Waals surface area contributed by atoms with Crippen molar-refractivity contribution in [2.24, 2.45) is 0 Å². The molecule has 2 heterocycles. The summed E-state index contributed by atoms with van der Waals surface area (Å²) in [5.41, 5.74) is 1.95. The summed E-state index contributed by atoms with van der Waals surface area (Å²) in [5.74, 6) is 1.51. The number of thiocarbonyl (C=S) groups is 1. The fraction of sp³-hybridized carbons (Fsp3) is 0.214. The molecule has 20 heavy (non-hydrogen) atoms. The van der Waals surface area contributed by atoms with Crippen molar-refractivity contribution in [3.05, 3.63) is 42.2 Å². The second-order valence-electron chi connectivity index (χ2n) is 4.36. The molecule has 1 aliphatic rings. The average molecular weight is 289 g/mol. The normalized spacial score (nSPS) is 12.8. The Morgan fingerprint density at radius 1 is 1.20 bits per heavy atom. The third-order valence-electron chi connectivity index (χ3n) is 2.90. The Hall–Kier alpha value is -2.21. The van der Waals surface area contributed by atoms with Gasteiger partial charge in [-0.05, 0) is 36.5 Å². The van der Waals surface area contributed by atoms with E-state index in [4.69, 9.17) is 21.7 Å². The van der Waals surface area contributed by atoms with Gasteiger partial charge >= 0.3 is 0 Å². The van der Waals surface area contributed by atoms with E-state index in [1.807, 2.05) is 36.5 Å². The molecule has 6 heteroatoms. The molecule has 0 saturated carbocycles. The van der Waals surface area contributed by atoms with E-state index < -0.39 is 0 Å². The molecule has 0 bridgehead atoms. The van der Waals surface area contributed by atoms with Crippen molar-refractivity contribution >= 4 is 23.0 Å². The molecule has 5 nitrogen and oxygen atoms in total. The highest BCUT2D eigenvalue weighted by molar-refractivity contribution is 7.80. The fourth-order valence-electron chi connectivity index (χ4n) is 1.95. The summed E-state index contributed by atoms with van der Waals surface area (Å²) in [6, 6.07) is 9.63. The number of ether oxygens (including phenoxy) is 2. The van der Waals surface area contributed by atoms with Crippen LogP contribution in [0.5, 0.6) is 11.5 Å². The second-order valence-corrected chi connectivity index (χ2v) is 4.77. The van der Waals surface area contributed by atoms with E-state index in [1.165, 1.54) is 0 Å². The van der Waals surface area contributed by atoms with Crippen molar-refractivity contribution in [1.29, 1.82) is 0 Å². The molecule has 104 valence electrons. The van der Waals surface area contributed by atoms with Gasteiger partial charge in [-0.25, -0.2) is 0 Å². The minimum absolute atomic E-state index is 0.566. The number of hydrogen-bond donors (Lipinski definition) is 3. The van der Waals surface area contributed by atoms with Crippen LogP contribution in [-0.4, -0.2) is 23.3 Å². The van der Waals surface area contributed by atoms with Gasteiger partial charge in [-0.1, -0.05) is 0 Å². The van der Waals surface area contributed by atoms with Gasteiger partial charge in [-0.15, -0.1) is 0 Å². The number of benzene rings is 1. The highest BCUT2D eigenvalue weighted by Gasteiger charge is 2.11. The summed E-state index contributed by atoms with van der Waals surface area (Å²) in [5, 5.41) is 6.82. The van der Waals surface area contributed by atoms with E-state index in [0.29, 0.717) is 24.9 Å². The van der Waals surface area contributed by atoms with Crippen molar-refractivity contribution in [3.8, 4) is 11.5 Å². The Morgan fingerprint density at radius 2 is 2.05 bits per heavy atom. The molecule has 1 aliphatic heterocycles. The summed E-state index contributed by atoms with van der Waals surface area (Å²) in [6.45, 7) is 1.82. The van der Waals surface area contributed by atoms with E-state index in [2.05, 4.69) is 15.6 Å². The van der Waals surface area contributed by atoms with Crippen molar-refractivity contribution < 1.29 is 9.47 Å². The molecule has 0 amide bonds. The van der Waals surface area contributed by atoms with Crippen LogP contribution < -0.4 is 20.1 Å². The van der Waals surface area contributed by atoms with E-state index in [9.17, 15) is 0 Å². The topological polar surface area (TPSA) is 58.3 Å². The van der Waals surface area contributed by atoms with Crippen LogP contribution in [0.4, 0.5) is 5.69 Å². The zero-order valence-electron chi connectivity index (χ0n) is 10.8. The summed E-state index contributed by atoms with van der Waals surface area (Å²) in [4.78, 5) is 3.11. The first-order valence-corrected chi connectivity index (χ1v) is 6.79. The molecule has 0 radical (unpaired) electrons. The molecule has 2 aromatic rings. The summed E-state index contributed by atoms with van der Waals surface area (Å²) in [6.07, 6.45) is 1.88. The molecule has 1 aromatic heterocycles. The summed E-state index contributed by atoms with van der Waals surface area (Å²) >= 11 is 5.26. The lowest BCUT2D eigenvalue weighted by atomic mass is 10.2. The quantitative estimate of drug-likeness (QED) is 0.757. The number of nitrogens with one attached hydrogen (secondary N) is 3. The lowest BCUT2D eigenvalue weighted by Crippen LogP contribution is -2.28. The van der Waals surface area contributed by atoms with Crippen LogP contribution in [0.25, 0.3) is 0 Å². The molecule has 0 saturated heterocycles. The van der Waals surface area contributed by atoms with Gasteiger partial charge in [-0.3, -0.25) is 0 Å². The second kappa shape index (κ2) is 5.83. The van der Waals surface area contributed by atoms with Gasteiger partial charge in [-0.2, -0.15) is 0 Å². The standard InChI is InChI=1S/C14H15N3O2S/c20-14(16-9-11-2-1-5-15-11)17-10-3-4-12-13(8-10)19-7-6-18-12/h1-5,8,15H,6-7,9H2,(H2,16,17,20). The monoisotopic (exact) mass is 289 g/mol. The lowest BCUT2D eigenvalue weighted by Gasteiger charge is -2.19. The SMILES string of the molecule is S=C(NCc1ccc[nH]1)Nc1ccc2c(c1)OCCO2. The van der Waals surface area contributed by atoms with Gasteiger partial charge in [0.25, 0.3) is 0 Å². The third-order valence-corrected chi connectivity index (χ3v) is 3.15. The van der Waals surface area contributed by atoms with E-state index in [0.717, 1.165) is 22.9 Å². The van der Waals surface area contributed by atoms with E-state index in [1.54, 1.807) is 0 Å². The van der Waals surface area contributed by atoms with Gasteiger partial charge in [0, 0.05) is 23.6 Å². The maximum absolute atomic E-state index is 5.53. The Kier molecular flexibility index (Phi) is 3.73. The van der Waals surface area contributed by atoms with Gasteiger partial charge in [0.2, 0.25) is 0 Å². The van der Waals surface area contributed by atoms with E-state index >= 15 is 0 Å². The summed E-state index contributed by atoms with van der Waals surface area (Å²) in [7, 11) is 0. The molecular formula is C14H15N3O2S. The maximum Gasteiger partial charge on any atom is 0.171 e. The molecule has 1 aromatic carbocycles. The number of hydrogen-bond acceptors (Lipinski definition) is 3. The fourth-order valence-corrected chi connectivity index (χ4v) is 2.14. The highest BCUT2D eigenvalue weighted by atomic mass is 32.1. The van der Waals surface area contributed by atoms with Crippen LogP contribution in [0.2, 0.25) is 0 Å². The van der Waals surface area contributed by atoms with Gasteiger partial charge in [0.05, 0.1) is 6.54 Å². The van der Waals surface area contributed by atoms with Crippen molar-refractivity contribution in [1.82, 2.24) is 10.3 Å². The first-order chi connectivity index (χ1) is 9.81. The van der Waals surface area contributed by atoms with Crippen LogP contribution >= 0.6 is 12.2 Å². The number of aromatic nitrogens is 1. The highest BCUT2D eigenvalue weighted by Crippen LogP contribution is 2.32. The first-order valence-electron chi connectivity index (χ1n) is 6.38. The predicted molar refractivity (Wildman–Crippen MR) is 81.3 cm³/mol. The molecule has 0 fully saturated rings. The molecular weight excluding hydrogens is 274 g/mol. The van der Waals surface area contributed by atoms with Crippen molar-refractivity contribution in [3.63, 3.8) is 0 Å². The van der Waals surface area contributed by atoms with Crippen LogP contribution in [0, 0.1) is 0 Å². The van der Waals surface area contributed by atoms with Gasteiger partial charge in [0.15, 0.2) is 16.6 Å². The Bertz CT molecular complexity index is 598. The zero-order chi connectivity index (χ0) is 13.8. The number of aromatic amines is 1. The number of anilines is 1.